The van der Waals surface area contributed by atoms with Crippen LogP contribution >= 0.6 is 0 Å². The molecule has 1 amide bonds. The van der Waals surface area contributed by atoms with E-state index in [1.54, 1.807) is 11.5 Å². The van der Waals surface area contributed by atoms with Crippen LogP contribution < -0.4 is 5.32 Å². The second-order valence-electron chi connectivity index (χ2n) is 9.76. The Morgan fingerprint density at radius 2 is 1.64 bits per heavy atom. The molecule has 36 heavy (non-hydrogen) atoms. The summed E-state index contributed by atoms with van der Waals surface area (Å²) in [7, 11) is 0. The lowest BCUT2D eigenvalue weighted by Gasteiger charge is -2.25. The first kappa shape index (κ1) is 26.6. The van der Waals surface area contributed by atoms with Crippen LogP contribution in [0.3, 0.4) is 0 Å². The molecule has 0 unspecified atom stereocenters. The summed E-state index contributed by atoms with van der Waals surface area (Å²) in [4.78, 5) is 13.2. The summed E-state index contributed by atoms with van der Waals surface area (Å²) in [6.45, 7) is 2.99. The third-order valence-corrected chi connectivity index (χ3v) is 7.26. The lowest BCUT2D eigenvalue weighted by molar-refractivity contribution is -0.141. The van der Waals surface area contributed by atoms with Crippen LogP contribution in [0.4, 0.5) is 26.3 Å². The Morgan fingerprint density at radius 3 is 2.25 bits per heavy atom. The summed E-state index contributed by atoms with van der Waals surface area (Å²) in [5.41, 5.74) is -2.28. The molecule has 0 radical (unpaired) electrons. The van der Waals surface area contributed by atoms with Crippen molar-refractivity contribution in [1.29, 1.82) is 0 Å². The molecule has 1 saturated carbocycles. The van der Waals surface area contributed by atoms with Gasteiger partial charge in [0.25, 0.3) is 5.91 Å². The average molecular weight is 517 g/mol. The smallest absolute Gasteiger partial charge is 0.381 e. The van der Waals surface area contributed by atoms with Gasteiger partial charge in [-0.1, -0.05) is 19.3 Å². The Kier molecular flexibility index (Phi) is 7.73. The molecule has 0 spiro atoms. The third kappa shape index (κ3) is 5.90. The van der Waals surface area contributed by atoms with Gasteiger partial charge in [0.2, 0.25) is 0 Å². The predicted molar refractivity (Wildman–Crippen MR) is 122 cm³/mol. The molecule has 10 heteroatoms. The van der Waals surface area contributed by atoms with Gasteiger partial charge in [-0.3, -0.25) is 4.79 Å². The maximum Gasteiger partial charge on any atom is 0.417 e. The normalized spacial score (nSPS) is 18.4. The number of nitrogens with zero attached hydrogens (tertiary/aromatic N) is 1. The summed E-state index contributed by atoms with van der Waals surface area (Å²) < 4.78 is 89.2. The van der Waals surface area contributed by atoms with Crippen LogP contribution in [0.2, 0.25) is 0 Å². The number of rotatable bonds is 5. The van der Waals surface area contributed by atoms with Crippen molar-refractivity contribution >= 4 is 5.91 Å². The molecule has 4 nitrogen and oxygen atoms in total. The number of amides is 1. The first-order valence-electron chi connectivity index (χ1n) is 12.3. The van der Waals surface area contributed by atoms with E-state index in [9.17, 15) is 31.1 Å². The van der Waals surface area contributed by atoms with Crippen molar-refractivity contribution in [2.45, 2.75) is 76.8 Å². The highest BCUT2D eigenvalue weighted by Gasteiger charge is 2.38. The van der Waals surface area contributed by atoms with Crippen molar-refractivity contribution in [3.63, 3.8) is 0 Å². The minimum Gasteiger partial charge on any atom is -0.381 e. The van der Waals surface area contributed by atoms with Crippen molar-refractivity contribution in [2.24, 2.45) is 5.92 Å². The summed E-state index contributed by atoms with van der Waals surface area (Å²) in [5, 5.41) is 2.92. The van der Waals surface area contributed by atoms with E-state index in [0.717, 1.165) is 32.1 Å². The Balaban J connectivity index is 1.82. The van der Waals surface area contributed by atoms with Crippen molar-refractivity contribution in [3.05, 3.63) is 46.6 Å². The second kappa shape index (κ2) is 10.5. The Morgan fingerprint density at radius 1 is 0.972 bits per heavy atom. The number of hydrogen-bond acceptors (Lipinski definition) is 2. The van der Waals surface area contributed by atoms with E-state index < -0.39 is 35.0 Å². The zero-order chi connectivity index (χ0) is 26.1. The fourth-order valence-corrected chi connectivity index (χ4v) is 5.25. The van der Waals surface area contributed by atoms with E-state index in [1.807, 2.05) is 0 Å². The van der Waals surface area contributed by atoms with E-state index in [-0.39, 0.29) is 23.2 Å². The molecule has 1 saturated heterocycles. The van der Waals surface area contributed by atoms with Crippen molar-refractivity contribution in [3.8, 4) is 11.3 Å². The van der Waals surface area contributed by atoms with Crippen LogP contribution in [0.25, 0.3) is 11.3 Å². The molecule has 1 aliphatic carbocycles. The monoisotopic (exact) mass is 516 g/mol. The number of carbonyl (C=O) groups excluding carboxylic acids is 1. The molecule has 2 heterocycles. The minimum atomic E-state index is -4.86. The van der Waals surface area contributed by atoms with Crippen LogP contribution in [-0.2, 0) is 23.6 Å². The molecule has 1 aliphatic heterocycles. The number of carbonyl (C=O) groups is 1. The van der Waals surface area contributed by atoms with Gasteiger partial charge in [-0.15, -0.1) is 0 Å². The summed E-state index contributed by atoms with van der Waals surface area (Å²) in [6, 6.07) is 2.67. The number of nitrogens with one attached hydrogen (secondary N) is 1. The maximum absolute atomic E-state index is 13.9. The molecule has 4 rings (SSSR count). The highest BCUT2D eigenvalue weighted by atomic mass is 19.4. The van der Waals surface area contributed by atoms with Gasteiger partial charge in [0.1, 0.15) is 0 Å². The van der Waals surface area contributed by atoms with Crippen LogP contribution in [0, 0.1) is 12.8 Å². The first-order chi connectivity index (χ1) is 16.9. The number of ether oxygens (including phenoxy) is 1. The molecule has 0 bridgehead atoms. The number of hydrogen-bond donors (Lipinski definition) is 1. The molecule has 1 aromatic carbocycles. The molecule has 1 N–H and O–H groups in total. The van der Waals surface area contributed by atoms with Crippen molar-refractivity contribution in [2.75, 3.05) is 13.2 Å². The quantitative estimate of drug-likeness (QED) is 0.436. The van der Waals surface area contributed by atoms with Gasteiger partial charge in [0.05, 0.1) is 16.7 Å². The number of aromatic nitrogens is 1. The predicted octanol–water partition coefficient (Wildman–Crippen LogP) is 6.99. The first-order valence-corrected chi connectivity index (χ1v) is 12.3. The largest absolute Gasteiger partial charge is 0.417 e. The molecule has 2 aliphatic rings. The topological polar surface area (TPSA) is 43.3 Å². The van der Waals surface area contributed by atoms with E-state index in [2.05, 4.69) is 5.32 Å². The van der Waals surface area contributed by atoms with Crippen LogP contribution in [0.1, 0.15) is 72.1 Å². The zero-order valence-corrected chi connectivity index (χ0v) is 20.1. The maximum atomic E-state index is 13.9. The second-order valence-corrected chi connectivity index (χ2v) is 9.76. The highest BCUT2D eigenvalue weighted by molar-refractivity contribution is 5.97. The molecule has 2 fully saturated rings. The van der Waals surface area contributed by atoms with E-state index in [0.29, 0.717) is 56.5 Å². The molecule has 0 atom stereocenters. The van der Waals surface area contributed by atoms with Gasteiger partial charge in [-0.25, -0.2) is 0 Å². The Hall–Kier alpha value is -2.49. The van der Waals surface area contributed by atoms with Gasteiger partial charge in [0.15, 0.2) is 0 Å². The Bertz CT molecular complexity index is 1080. The van der Waals surface area contributed by atoms with Crippen molar-refractivity contribution in [1.82, 2.24) is 9.88 Å². The van der Waals surface area contributed by atoms with E-state index in [1.165, 1.54) is 6.07 Å². The van der Waals surface area contributed by atoms with Gasteiger partial charge >= 0.3 is 12.4 Å². The molecular formula is C26H30F6N2O2. The lowest BCUT2D eigenvalue weighted by Crippen LogP contribution is -2.39. The number of halogens is 6. The molecule has 1 aromatic heterocycles. The average Bonchev–Trinajstić information content (AvgIpc) is 3.15. The number of benzene rings is 1. The van der Waals surface area contributed by atoms with Gasteiger partial charge < -0.3 is 14.6 Å². The molecular weight excluding hydrogens is 486 g/mol. The minimum absolute atomic E-state index is 0.0198. The lowest BCUT2D eigenvalue weighted by atomic mass is 9.89. The fourth-order valence-electron chi connectivity index (χ4n) is 5.25. The van der Waals surface area contributed by atoms with Crippen LogP contribution in [0.5, 0.6) is 0 Å². The summed E-state index contributed by atoms with van der Waals surface area (Å²) >= 11 is 0. The zero-order valence-electron chi connectivity index (χ0n) is 20.1. The standard InChI is InChI=1S/C26H30F6N2O2/c1-16-20(24(35)33-19-9-11-36-12-10-19)14-23(34(16)15-17-5-3-2-4-6-17)21-13-18(25(27,28)29)7-8-22(21)26(30,31)32/h7-8,13-14,17,19H,2-6,9-12,15H2,1H3,(H,33,35). The van der Waals surface area contributed by atoms with Gasteiger partial charge in [0, 0.05) is 42.8 Å². The Labute approximate surface area is 206 Å². The van der Waals surface area contributed by atoms with E-state index in [4.69, 9.17) is 4.74 Å². The summed E-state index contributed by atoms with van der Waals surface area (Å²) in [6.07, 6.45) is -3.60. The number of alkyl halides is 6. The van der Waals surface area contributed by atoms with Crippen molar-refractivity contribution < 1.29 is 35.9 Å². The fraction of sp³-hybridized carbons (Fsp3) is 0.577. The molecule has 2 aromatic rings. The van der Waals surface area contributed by atoms with Gasteiger partial charge in [-0.05, 0) is 62.8 Å². The molecule has 198 valence electrons. The van der Waals surface area contributed by atoms with E-state index >= 15 is 0 Å². The highest BCUT2D eigenvalue weighted by Crippen LogP contribution is 2.42. The third-order valence-electron chi connectivity index (χ3n) is 7.26. The van der Waals surface area contributed by atoms with Crippen LogP contribution in [-0.4, -0.2) is 29.7 Å². The summed E-state index contributed by atoms with van der Waals surface area (Å²) in [5.74, 6) is -0.265. The SMILES string of the molecule is Cc1c(C(=O)NC2CCOCC2)cc(-c2cc(C(F)(F)F)ccc2C(F)(F)F)n1CC1CCCCC1. The van der Waals surface area contributed by atoms with Crippen LogP contribution in [0.15, 0.2) is 24.3 Å². The van der Waals surface area contributed by atoms with Gasteiger partial charge in [-0.2, -0.15) is 26.3 Å².